The van der Waals surface area contributed by atoms with Crippen LogP contribution in [0.1, 0.15) is 23.2 Å². The highest BCUT2D eigenvalue weighted by atomic mass is 16.4. The highest BCUT2D eigenvalue weighted by Crippen LogP contribution is 2.26. The van der Waals surface area contributed by atoms with Crippen LogP contribution < -0.4 is 0 Å². The van der Waals surface area contributed by atoms with Crippen molar-refractivity contribution < 1.29 is 19.1 Å². The van der Waals surface area contributed by atoms with Crippen molar-refractivity contribution in [2.75, 3.05) is 13.1 Å². The second-order valence-electron chi connectivity index (χ2n) is 5.58. The minimum atomic E-state index is -0.861. The number of carbonyl (C=O) groups is 2. The van der Waals surface area contributed by atoms with Crippen LogP contribution in [0.25, 0.3) is 11.1 Å². The van der Waals surface area contributed by atoms with Crippen LogP contribution >= 0.6 is 0 Å². The van der Waals surface area contributed by atoms with Crippen molar-refractivity contribution in [3.05, 3.63) is 29.7 Å². The minimum absolute atomic E-state index is 0.0591. The maximum Gasteiger partial charge on any atom is 0.308 e. The molecule has 6 nitrogen and oxygen atoms in total. The van der Waals surface area contributed by atoms with E-state index in [9.17, 15) is 9.59 Å². The van der Waals surface area contributed by atoms with E-state index in [2.05, 4.69) is 4.98 Å². The quantitative estimate of drug-likeness (QED) is 0.912. The van der Waals surface area contributed by atoms with Crippen molar-refractivity contribution in [3.8, 4) is 0 Å². The Morgan fingerprint density at radius 2 is 2.14 bits per heavy atom. The molecule has 6 heteroatoms. The zero-order valence-electron chi connectivity index (χ0n) is 11.9. The number of fused-ring (bicyclic) bond motifs is 1. The summed E-state index contributed by atoms with van der Waals surface area (Å²) in [6.07, 6.45) is 0. The Morgan fingerprint density at radius 1 is 1.38 bits per heavy atom. The first-order valence-electron chi connectivity index (χ1n) is 6.85. The van der Waals surface area contributed by atoms with Crippen molar-refractivity contribution in [1.82, 2.24) is 9.88 Å². The highest BCUT2D eigenvalue weighted by Gasteiger charge is 2.38. The van der Waals surface area contributed by atoms with Crippen LogP contribution in [0.3, 0.4) is 0 Å². The zero-order chi connectivity index (χ0) is 15.1. The maximum atomic E-state index is 12.4. The van der Waals surface area contributed by atoms with Gasteiger partial charge in [0.2, 0.25) is 0 Å². The molecular formula is C15H16N2O4. The van der Waals surface area contributed by atoms with Gasteiger partial charge in [0, 0.05) is 24.8 Å². The van der Waals surface area contributed by atoms with E-state index < -0.39 is 11.9 Å². The summed E-state index contributed by atoms with van der Waals surface area (Å²) in [6, 6.07) is 5.21. The molecule has 0 radical (unpaired) electrons. The number of hydrogen-bond donors (Lipinski definition) is 1. The normalized spacial score (nSPS) is 21.9. The second kappa shape index (κ2) is 4.87. The summed E-state index contributed by atoms with van der Waals surface area (Å²) in [5.41, 5.74) is 2.05. The second-order valence-corrected chi connectivity index (χ2v) is 5.58. The Morgan fingerprint density at radius 3 is 2.81 bits per heavy atom. The molecule has 1 aliphatic heterocycles. The Hall–Kier alpha value is -2.37. The molecule has 1 N–H and O–H groups in total. The fraction of sp³-hybridized carbons (Fsp3) is 0.400. The van der Waals surface area contributed by atoms with Gasteiger partial charge in [-0.05, 0) is 25.0 Å². The van der Waals surface area contributed by atoms with E-state index in [-0.39, 0.29) is 24.1 Å². The lowest BCUT2D eigenvalue weighted by molar-refractivity contribution is -0.142. The Balaban J connectivity index is 1.86. The highest BCUT2D eigenvalue weighted by molar-refractivity contribution is 5.95. The van der Waals surface area contributed by atoms with Crippen LogP contribution in [-0.2, 0) is 4.79 Å². The van der Waals surface area contributed by atoms with Crippen LogP contribution in [0.4, 0.5) is 0 Å². The van der Waals surface area contributed by atoms with Gasteiger partial charge in [-0.25, -0.2) is 4.98 Å². The monoisotopic (exact) mass is 288 g/mol. The third-order valence-corrected chi connectivity index (χ3v) is 3.94. The molecule has 3 rings (SSSR count). The van der Waals surface area contributed by atoms with Gasteiger partial charge in [-0.15, -0.1) is 0 Å². The summed E-state index contributed by atoms with van der Waals surface area (Å²) in [4.78, 5) is 29.4. The van der Waals surface area contributed by atoms with Gasteiger partial charge in [-0.3, -0.25) is 9.59 Å². The van der Waals surface area contributed by atoms with Gasteiger partial charge >= 0.3 is 5.97 Å². The lowest BCUT2D eigenvalue weighted by Gasteiger charge is -2.13. The van der Waals surface area contributed by atoms with Gasteiger partial charge in [0.1, 0.15) is 5.52 Å². The predicted molar refractivity (Wildman–Crippen MR) is 74.9 cm³/mol. The third kappa shape index (κ3) is 2.37. The third-order valence-electron chi connectivity index (χ3n) is 3.94. The maximum absolute atomic E-state index is 12.4. The molecule has 0 saturated carbocycles. The molecule has 1 amide bonds. The number of rotatable bonds is 2. The molecule has 1 saturated heterocycles. The van der Waals surface area contributed by atoms with E-state index in [0.29, 0.717) is 17.6 Å². The molecule has 2 aromatic rings. The number of hydrogen-bond acceptors (Lipinski definition) is 4. The molecule has 2 atom stereocenters. The van der Waals surface area contributed by atoms with E-state index in [4.69, 9.17) is 9.52 Å². The smallest absolute Gasteiger partial charge is 0.308 e. The fourth-order valence-electron chi connectivity index (χ4n) is 2.74. The van der Waals surface area contributed by atoms with E-state index in [1.54, 1.807) is 12.1 Å². The first-order chi connectivity index (χ1) is 9.95. The molecule has 0 spiro atoms. The summed E-state index contributed by atoms with van der Waals surface area (Å²) >= 11 is 0. The number of aryl methyl sites for hydroxylation is 1. The van der Waals surface area contributed by atoms with E-state index >= 15 is 0 Å². The average Bonchev–Trinajstić information content (AvgIpc) is 3.00. The molecule has 21 heavy (non-hydrogen) atoms. The van der Waals surface area contributed by atoms with Gasteiger partial charge in [0.15, 0.2) is 11.3 Å². The summed E-state index contributed by atoms with van der Waals surface area (Å²) < 4.78 is 5.53. The largest absolute Gasteiger partial charge is 0.481 e. The predicted octanol–water partition coefficient (Wildman–Crippen LogP) is 1.93. The molecule has 0 bridgehead atoms. The molecular weight excluding hydrogens is 272 g/mol. The van der Waals surface area contributed by atoms with Gasteiger partial charge in [0.05, 0.1) is 5.92 Å². The van der Waals surface area contributed by atoms with Crippen LogP contribution in [0, 0.1) is 18.8 Å². The number of pyridine rings is 1. The van der Waals surface area contributed by atoms with E-state index in [0.717, 1.165) is 5.69 Å². The number of furan rings is 1. The van der Waals surface area contributed by atoms with Gasteiger partial charge in [0.25, 0.3) is 5.91 Å². The van der Waals surface area contributed by atoms with Gasteiger partial charge < -0.3 is 14.4 Å². The summed E-state index contributed by atoms with van der Waals surface area (Å²) in [6.45, 7) is 4.36. The first kappa shape index (κ1) is 13.6. The van der Waals surface area contributed by atoms with Gasteiger partial charge in [-0.1, -0.05) is 6.92 Å². The molecule has 110 valence electrons. The van der Waals surface area contributed by atoms with Crippen molar-refractivity contribution in [2.45, 2.75) is 13.8 Å². The van der Waals surface area contributed by atoms with Gasteiger partial charge in [-0.2, -0.15) is 0 Å². The van der Waals surface area contributed by atoms with Crippen LogP contribution in [0.2, 0.25) is 0 Å². The molecule has 0 aliphatic carbocycles. The number of nitrogens with zero attached hydrogens (tertiary/aromatic N) is 2. The molecule has 0 unspecified atom stereocenters. The van der Waals surface area contributed by atoms with Crippen LogP contribution in [0.5, 0.6) is 0 Å². The minimum Gasteiger partial charge on any atom is -0.481 e. The number of amides is 1. The summed E-state index contributed by atoms with van der Waals surface area (Å²) in [5.74, 6) is -1.50. The number of carbonyl (C=O) groups excluding carboxylic acids is 1. The van der Waals surface area contributed by atoms with Crippen molar-refractivity contribution in [2.24, 2.45) is 11.8 Å². The summed E-state index contributed by atoms with van der Waals surface area (Å²) in [5, 5.41) is 9.13. The Bertz CT molecular complexity index is 722. The first-order valence-corrected chi connectivity index (χ1v) is 6.85. The number of carboxylic acid groups (broad SMARTS) is 1. The topological polar surface area (TPSA) is 83.6 Å². The number of aliphatic carboxylic acids is 1. The zero-order valence-corrected chi connectivity index (χ0v) is 11.9. The standard InChI is InChI=1S/C15H16N2O4/c1-8-6-17(7-10(8)15(19)20)14(18)13-5-11-12(21-13)4-3-9(2)16-11/h3-5,8,10H,6-7H2,1-2H3,(H,19,20)/t8-,10-/m1/s1. The number of carboxylic acids is 1. The lowest BCUT2D eigenvalue weighted by Crippen LogP contribution is -2.29. The number of likely N-dealkylation sites (tertiary alicyclic amines) is 1. The molecule has 1 aliphatic rings. The molecule has 2 aromatic heterocycles. The Labute approximate surface area is 121 Å². The molecule has 1 fully saturated rings. The Kier molecular flexibility index (Phi) is 3.16. The fourth-order valence-corrected chi connectivity index (χ4v) is 2.74. The summed E-state index contributed by atoms with van der Waals surface area (Å²) in [7, 11) is 0. The SMILES string of the molecule is Cc1ccc2oc(C(=O)N3C[C@@H](C)[C@H](C(=O)O)C3)cc2n1. The van der Waals surface area contributed by atoms with Crippen molar-refractivity contribution >= 4 is 23.0 Å². The van der Waals surface area contributed by atoms with Crippen molar-refractivity contribution in [3.63, 3.8) is 0 Å². The van der Waals surface area contributed by atoms with E-state index in [1.807, 2.05) is 19.9 Å². The van der Waals surface area contributed by atoms with E-state index in [1.165, 1.54) is 4.90 Å². The van der Waals surface area contributed by atoms with Crippen molar-refractivity contribution in [1.29, 1.82) is 0 Å². The lowest BCUT2D eigenvalue weighted by atomic mass is 9.99. The van der Waals surface area contributed by atoms with Crippen LogP contribution in [0.15, 0.2) is 22.6 Å². The number of aromatic nitrogens is 1. The average molecular weight is 288 g/mol. The molecule has 0 aromatic carbocycles. The van der Waals surface area contributed by atoms with Crippen LogP contribution in [-0.4, -0.2) is 40.0 Å². The molecule has 3 heterocycles.